The minimum Gasteiger partial charge on any atom is -0.479 e. The molecule has 3 aliphatic heterocycles. The number of fused-ring (bicyclic) bond motifs is 7. The fourth-order valence-electron chi connectivity index (χ4n) is 15.6. The number of ether oxygens (including phenoxy) is 7. The molecule has 0 amide bonds. The number of hydrogen-bond acceptors (Lipinski definition) is 21. The number of carbonyl (C=O) groups excluding carboxylic acids is 1. The third-order valence-electron chi connectivity index (χ3n) is 20.4. The van der Waals surface area contributed by atoms with Gasteiger partial charge in [-0.05, 0) is 91.8 Å². The summed E-state index contributed by atoms with van der Waals surface area (Å²) in [5.41, 5.74) is -4.38. The van der Waals surface area contributed by atoms with Crippen molar-refractivity contribution in [3.63, 3.8) is 0 Å². The van der Waals surface area contributed by atoms with E-state index in [4.69, 9.17) is 33.2 Å². The Kier molecular flexibility index (Phi) is 16.0. The summed E-state index contributed by atoms with van der Waals surface area (Å²) in [6, 6.07) is 0. The zero-order chi connectivity index (χ0) is 54.7. The van der Waals surface area contributed by atoms with Gasteiger partial charge in [-0.2, -0.15) is 0 Å². The van der Waals surface area contributed by atoms with Crippen molar-refractivity contribution in [1.29, 1.82) is 0 Å². The number of rotatable bonds is 11. The largest absolute Gasteiger partial charge is 0.479 e. The summed E-state index contributed by atoms with van der Waals surface area (Å²) < 4.78 is 42.3. The third kappa shape index (κ3) is 8.68. The number of aliphatic carboxylic acids is 1. The van der Waals surface area contributed by atoms with Gasteiger partial charge >= 0.3 is 11.9 Å². The third-order valence-corrected chi connectivity index (χ3v) is 20.4. The molecule has 7 fully saturated rings. The van der Waals surface area contributed by atoms with Crippen LogP contribution >= 0.6 is 0 Å². The van der Waals surface area contributed by atoms with Gasteiger partial charge < -0.3 is 99.5 Å². The smallest absolute Gasteiger partial charge is 0.335 e. The Morgan fingerprint density at radius 3 is 2.00 bits per heavy atom. The monoisotopic (exact) mass is 1060 g/mol. The molecule has 422 valence electrons. The first-order valence-corrected chi connectivity index (χ1v) is 26.1. The molecule has 4 saturated carbocycles. The van der Waals surface area contributed by atoms with Crippen molar-refractivity contribution in [2.24, 2.45) is 50.2 Å². The van der Waals surface area contributed by atoms with E-state index in [-0.39, 0.29) is 17.4 Å². The van der Waals surface area contributed by atoms with Crippen LogP contribution in [0, 0.1) is 50.2 Å². The van der Waals surface area contributed by atoms with E-state index < -0.39 is 187 Å². The Bertz CT molecular complexity index is 2130. The number of carboxylic acid groups (broad SMARTS) is 1. The first kappa shape index (κ1) is 57.9. The average molecular weight is 1060 g/mol. The maximum atomic E-state index is 13.4. The van der Waals surface area contributed by atoms with Gasteiger partial charge in [0.05, 0.1) is 49.7 Å². The molecule has 0 radical (unpaired) electrons. The lowest BCUT2D eigenvalue weighted by Crippen LogP contribution is -2.76. The average Bonchev–Trinajstić information content (AvgIpc) is 3.34. The molecular weight excluding hydrogens is 977 g/mol. The van der Waals surface area contributed by atoms with Crippen molar-refractivity contribution in [3.8, 4) is 0 Å². The van der Waals surface area contributed by atoms with Gasteiger partial charge in [0.1, 0.15) is 67.1 Å². The summed E-state index contributed by atoms with van der Waals surface area (Å²) in [4.78, 5) is 26.2. The van der Waals surface area contributed by atoms with E-state index in [0.717, 1.165) is 5.57 Å². The van der Waals surface area contributed by atoms with Crippen molar-refractivity contribution < 1.29 is 109 Å². The molecule has 26 atom stereocenters. The van der Waals surface area contributed by atoms with Crippen molar-refractivity contribution in [2.45, 2.75) is 217 Å². The highest BCUT2D eigenvalue weighted by atomic mass is 16.8. The van der Waals surface area contributed by atoms with Crippen LogP contribution in [-0.4, -0.2) is 215 Å². The zero-order valence-electron chi connectivity index (χ0n) is 43.7. The summed E-state index contributed by atoms with van der Waals surface area (Å²) in [6.45, 7) is 15.3. The molecule has 3 heterocycles. The molecular formula is C52H82O22. The lowest BCUT2D eigenvalue weighted by atomic mass is 9.32. The highest BCUT2D eigenvalue weighted by molar-refractivity contribution is 5.87. The topological polar surface area (TPSA) is 362 Å². The molecule has 3 saturated heterocycles. The van der Waals surface area contributed by atoms with Gasteiger partial charge in [-0.25, -0.2) is 9.59 Å². The fourth-order valence-corrected chi connectivity index (χ4v) is 15.6. The van der Waals surface area contributed by atoms with Crippen molar-refractivity contribution in [3.05, 3.63) is 23.3 Å². The van der Waals surface area contributed by atoms with Gasteiger partial charge in [-0.3, -0.25) is 0 Å². The summed E-state index contributed by atoms with van der Waals surface area (Å²) in [5.74, 6) is -3.21. The lowest BCUT2D eigenvalue weighted by Gasteiger charge is -2.73. The molecule has 0 aromatic carbocycles. The van der Waals surface area contributed by atoms with E-state index in [2.05, 4.69) is 19.9 Å². The number of aliphatic hydroxyl groups is 12. The Morgan fingerprint density at radius 2 is 1.38 bits per heavy atom. The maximum Gasteiger partial charge on any atom is 0.335 e. The molecule has 13 N–H and O–H groups in total. The molecule has 5 aliphatic carbocycles. The number of carboxylic acids is 1. The Hall–Kier alpha value is -2.30. The molecule has 22 heteroatoms. The SMILES string of the molecule is C/C=C(\C)C(=O)O[C@H]1[C@H](O)C(C)(C)C[C@H]2C3=CC[C@@H]4[C@@]5(C)CC[C@H](O[C@@H]6O[C@H](C(=O)O)[C@@H](O)[C@H](O[C@@H]7OC[C@@H](O)[C@H](O)[C@H]7O)[C@H]6O[C@@H]6O[C@H](CO)[C@@H](O)[C@H](O)[C@H]6O)C(C)(C)[C@@H]5CC[C@@]4(C)[C@]3(C)[C@@H](O)[C@@H](O)[C@]21CO. The molecule has 0 unspecified atom stereocenters. The Morgan fingerprint density at radius 1 is 0.730 bits per heavy atom. The van der Waals surface area contributed by atoms with Gasteiger partial charge in [-0.15, -0.1) is 0 Å². The van der Waals surface area contributed by atoms with E-state index in [0.29, 0.717) is 38.5 Å². The molecule has 0 bridgehead atoms. The Labute approximate surface area is 430 Å². The molecule has 0 aromatic heterocycles. The first-order chi connectivity index (χ1) is 34.5. The van der Waals surface area contributed by atoms with Gasteiger partial charge in [-0.1, -0.05) is 66.2 Å². The van der Waals surface area contributed by atoms with Gasteiger partial charge in [0.15, 0.2) is 25.0 Å². The fraction of sp³-hybridized carbons (Fsp3) is 0.885. The molecule has 74 heavy (non-hydrogen) atoms. The number of allylic oxidation sites excluding steroid dienone is 2. The number of carbonyl (C=O) groups is 2. The Balaban J connectivity index is 1.13. The summed E-state index contributed by atoms with van der Waals surface area (Å²) in [5, 5.41) is 145. The van der Waals surface area contributed by atoms with Crippen molar-refractivity contribution >= 4 is 11.9 Å². The predicted octanol–water partition coefficient (Wildman–Crippen LogP) is -1.25. The molecule has 0 aromatic rings. The first-order valence-electron chi connectivity index (χ1n) is 26.1. The quantitative estimate of drug-likeness (QED) is 0.0497. The molecule has 8 aliphatic rings. The van der Waals surface area contributed by atoms with E-state index in [9.17, 15) is 76.0 Å². The number of esters is 1. The van der Waals surface area contributed by atoms with E-state index >= 15 is 0 Å². The summed E-state index contributed by atoms with van der Waals surface area (Å²) >= 11 is 0. The lowest BCUT2D eigenvalue weighted by molar-refractivity contribution is -0.392. The van der Waals surface area contributed by atoms with Gasteiger partial charge in [0.25, 0.3) is 0 Å². The molecule has 0 spiro atoms. The minimum absolute atomic E-state index is 0.118. The second-order valence-corrected chi connectivity index (χ2v) is 24.7. The van der Waals surface area contributed by atoms with Crippen molar-refractivity contribution in [2.75, 3.05) is 19.8 Å². The number of aliphatic hydroxyl groups excluding tert-OH is 12. The predicted molar refractivity (Wildman–Crippen MR) is 253 cm³/mol. The molecule has 8 rings (SSSR count). The second kappa shape index (κ2) is 20.4. The maximum absolute atomic E-state index is 13.4. The zero-order valence-corrected chi connectivity index (χ0v) is 43.7. The minimum atomic E-state index is -2.12. The van der Waals surface area contributed by atoms with E-state index in [1.807, 2.05) is 34.6 Å². The van der Waals surface area contributed by atoms with Crippen molar-refractivity contribution in [1.82, 2.24) is 0 Å². The highest BCUT2D eigenvalue weighted by Crippen LogP contribution is 2.76. The van der Waals surface area contributed by atoms with Crippen LogP contribution in [0.25, 0.3) is 0 Å². The standard InChI is InChI=1S/C52H82O22/c1-10-21(2)43(67)74-41-40(64)47(3,4)17-23-22-11-12-27-49(7)15-14-28(48(5,6)26(49)13-16-50(27,8)51(22,9)38(62)39(63)52(23,41)20-54)70-46-37(73-45-33(60)31(58)30(57)25(18-53)69-45)35(34(61)36(72-46)42(65)66)71-44-32(59)29(56)24(55)19-68-44/h10-11,23-41,44-46,53-64H,12-20H2,1-9H3,(H,65,66)/b21-10+/t23-,24+,25+,26-,27+,28-,29-,30+,31-,32+,33+,34-,35-,36-,37+,38-,39+,40-,41-,44-,45-,46+,49-,50+,51-,52-/m0/s1. The van der Waals surface area contributed by atoms with Crippen LogP contribution in [0.5, 0.6) is 0 Å². The second-order valence-electron chi connectivity index (χ2n) is 24.7. The van der Waals surface area contributed by atoms with Crippen LogP contribution in [0.15, 0.2) is 23.3 Å². The van der Waals surface area contributed by atoms with Gasteiger partial charge in [0, 0.05) is 11.0 Å². The summed E-state index contributed by atoms with van der Waals surface area (Å²) in [7, 11) is 0. The number of hydrogen-bond donors (Lipinski definition) is 13. The van der Waals surface area contributed by atoms with Crippen LogP contribution < -0.4 is 0 Å². The van der Waals surface area contributed by atoms with Crippen LogP contribution in [0.2, 0.25) is 0 Å². The van der Waals surface area contributed by atoms with Crippen LogP contribution in [0.1, 0.15) is 101 Å². The van der Waals surface area contributed by atoms with Crippen LogP contribution in [-0.2, 0) is 42.7 Å². The van der Waals surface area contributed by atoms with Crippen LogP contribution in [0.4, 0.5) is 0 Å². The van der Waals surface area contributed by atoms with E-state index in [1.165, 1.54) is 0 Å². The summed E-state index contributed by atoms with van der Waals surface area (Å²) in [6.07, 6.45) is -25.6. The van der Waals surface area contributed by atoms with Gasteiger partial charge in [0.2, 0.25) is 0 Å². The molecule has 22 nitrogen and oxygen atoms in total. The normalized spacial score (nSPS) is 52.1. The highest BCUT2D eigenvalue weighted by Gasteiger charge is 2.76. The van der Waals surface area contributed by atoms with Crippen LogP contribution in [0.3, 0.4) is 0 Å². The van der Waals surface area contributed by atoms with E-state index in [1.54, 1.807) is 19.9 Å².